The van der Waals surface area contributed by atoms with Crippen LogP contribution in [-0.2, 0) is 4.79 Å². The van der Waals surface area contributed by atoms with Crippen LogP contribution in [0.1, 0.15) is 386 Å². The van der Waals surface area contributed by atoms with E-state index in [-0.39, 0.29) is 12.5 Å². The lowest BCUT2D eigenvalue weighted by molar-refractivity contribution is -0.124. The van der Waals surface area contributed by atoms with Crippen LogP contribution in [0.15, 0.2) is 24.3 Å². The number of unbranched alkanes of at least 4 members (excludes halogenated alkanes) is 52. The van der Waals surface area contributed by atoms with E-state index in [0.29, 0.717) is 12.8 Å². The summed E-state index contributed by atoms with van der Waals surface area (Å²) < 4.78 is 0. The normalized spacial score (nSPS) is 13.2. The average molecular weight is 1040 g/mol. The molecule has 0 bridgehead atoms. The van der Waals surface area contributed by atoms with Gasteiger partial charge in [0.2, 0.25) is 5.91 Å². The van der Waals surface area contributed by atoms with E-state index in [2.05, 4.69) is 43.5 Å². The van der Waals surface area contributed by atoms with Crippen molar-refractivity contribution in [1.29, 1.82) is 0 Å². The summed E-state index contributed by atoms with van der Waals surface area (Å²) in [5, 5.41) is 33.9. The van der Waals surface area contributed by atoms with Crippen LogP contribution >= 0.6 is 0 Å². The number of hydrogen-bond acceptors (Lipinski definition) is 4. The van der Waals surface area contributed by atoms with Gasteiger partial charge in [0.25, 0.3) is 0 Å². The van der Waals surface area contributed by atoms with Crippen LogP contribution in [0.4, 0.5) is 0 Å². The predicted octanol–water partition coefficient (Wildman–Crippen LogP) is 22.0. The highest BCUT2D eigenvalue weighted by Gasteiger charge is 2.26. The summed E-state index contributed by atoms with van der Waals surface area (Å²) in [7, 11) is 0. The Morgan fingerprint density at radius 3 is 0.784 bits per heavy atom. The predicted molar refractivity (Wildman–Crippen MR) is 328 cm³/mol. The van der Waals surface area contributed by atoms with E-state index < -0.39 is 18.2 Å². The van der Waals surface area contributed by atoms with E-state index in [1.165, 1.54) is 321 Å². The molecule has 5 heteroatoms. The van der Waals surface area contributed by atoms with Crippen LogP contribution in [0, 0.1) is 0 Å². The molecule has 0 radical (unpaired) electrons. The molecule has 440 valence electrons. The molecule has 0 aromatic heterocycles. The quantitative estimate of drug-likeness (QED) is 0.0361. The van der Waals surface area contributed by atoms with Gasteiger partial charge in [-0.3, -0.25) is 4.79 Å². The van der Waals surface area contributed by atoms with Crippen LogP contribution in [0.2, 0.25) is 0 Å². The Morgan fingerprint density at radius 1 is 0.324 bits per heavy atom. The van der Waals surface area contributed by atoms with Gasteiger partial charge in [0, 0.05) is 6.42 Å². The molecule has 1 amide bonds. The minimum atomic E-state index is -1.16. The topological polar surface area (TPSA) is 89.8 Å². The number of allylic oxidation sites excluding steroid dienone is 4. The smallest absolute Gasteiger partial charge is 0.220 e. The lowest BCUT2D eigenvalue weighted by Gasteiger charge is -2.26. The van der Waals surface area contributed by atoms with Crippen molar-refractivity contribution in [2.75, 3.05) is 6.61 Å². The molecule has 3 atom stereocenters. The second-order valence-electron chi connectivity index (χ2n) is 23.7. The van der Waals surface area contributed by atoms with E-state index in [1.807, 2.05) is 0 Å². The first-order valence-electron chi connectivity index (χ1n) is 34.1. The molecule has 4 N–H and O–H groups in total. The Balaban J connectivity index is 3.47. The molecule has 0 aliphatic carbocycles. The van der Waals surface area contributed by atoms with Gasteiger partial charge in [-0.15, -0.1) is 0 Å². The number of nitrogens with one attached hydrogen (secondary N) is 1. The molecule has 0 saturated heterocycles. The first-order chi connectivity index (χ1) is 36.6. The fourth-order valence-electron chi connectivity index (χ4n) is 11.0. The van der Waals surface area contributed by atoms with Crippen molar-refractivity contribution < 1.29 is 20.1 Å². The third-order valence-electron chi connectivity index (χ3n) is 16.3. The molecule has 0 aliphatic heterocycles. The van der Waals surface area contributed by atoms with Crippen molar-refractivity contribution in [3.63, 3.8) is 0 Å². The van der Waals surface area contributed by atoms with Gasteiger partial charge in [-0.05, 0) is 64.2 Å². The van der Waals surface area contributed by atoms with E-state index >= 15 is 0 Å². The van der Waals surface area contributed by atoms with E-state index in [1.54, 1.807) is 0 Å². The van der Waals surface area contributed by atoms with Crippen LogP contribution in [0.3, 0.4) is 0 Å². The van der Waals surface area contributed by atoms with Gasteiger partial charge in [-0.25, -0.2) is 0 Å². The minimum absolute atomic E-state index is 0.146. The Hall–Kier alpha value is -1.17. The van der Waals surface area contributed by atoms with Crippen molar-refractivity contribution >= 4 is 5.91 Å². The number of rotatable bonds is 64. The first kappa shape index (κ1) is 72.8. The molecular formula is C69H135NO4. The molecule has 0 fully saturated rings. The largest absolute Gasteiger partial charge is 0.394 e. The van der Waals surface area contributed by atoms with E-state index in [4.69, 9.17) is 0 Å². The van der Waals surface area contributed by atoms with Crippen LogP contribution in [0.5, 0.6) is 0 Å². The Kier molecular flexibility index (Phi) is 63.3. The number of aliphatic hydroxyl groups excluding tert-OH is 3. The first-order valence-corrected chi connectivity index (χ1v) is 34.1. The molecule has 0 aromatic carbocycles. The van der Waals surface area contributed by atoms with Gasteiger partial charge < -0.3 is 20.6 Å². The SMILES string of the molecule is CCCCCCCCCCCCCCCCCC/C=C\CCCCCCCCCCCCCCCCCCCC(=O)NC(CO)C(O)C(O)CCC/C=C/CCCCCCCCCCCCCCCCCCCC. The standard InChI is InChI=1S/C69H135NO4/c1-3-5-7-9-11-13-15-17-19-21-23-25-27-28-29-30-31-32-33-34-35-36-37-38-39-40-42-44-46-48-50-52-54-56-58-60-62-64-68(73)70-66(65-71)69(74)67(72)63-61-59-57-55-53-51-49-47-45-43-41-26-24-22-20-18-16-14-12-10-8-6-4-2/h32-33,55,57,66-67,69,71-72,74H,3-31,34-54,56,58-65H2,1-2H3,(H,70,73)/b33-32-,57-55+. The summed E-state index contributed by atoms with van der Waals surface area (Å²) in [5.41, 5.74) is 0. The lowest BCUT2D eigenvalue weighted by atomic mass is 10.0. The van der Waals surface area contributed by atoms with E-state index in [0.717, 1.165) is 38.5 Å². The zero-order valence-corrected chi connectivity index (χ0v) is 50.5. The molecule has 3 unspecified atom stereocenters. The maximum absolute atomic E-state index is 12.6. The number of amides is 1. The van der Waals surface area contributed by atoms with Crippen molar-refractivity contribution in [2.45, 2.75) is 405 Å². The van der Waals surface area contributed by atoms with Crippen LogP contribution in [0.25, 0.3) is 0 Å². The molecule has 0 spiro atoms. The van der Waals surface area contributed by atoms with Gasteiger partial charge in [0.05, 0.1) is 18.8 Å². The van der Waals surface area contributed by atoms with Gasteiger partial charge in [0.15, 0.2) is 0 Å². The fourth-order valence-corrected chi connectivity index (χ4v) is 11.0. The molecule has 5 nitrogen and oxygen atoms in total. The average Bonchev–Trinajstić information content (AvgIpc) is 3.41. The number of aliphatic hydroxyl groups is 3. The highest BCUT2D eigenvalue weighted by atomic mass is 16.3. The zero-order chi connectivity index (χ0) is 53.6. The second-order valence-corrected chi connectivity index (χ2v) is 23.7. The Labute approximate surface area is 464 Å². The Bertz CT molecular complexity index is 1110. The van der Waals surface area contributed by atoms with Crippen LogP contribution in [-0.4, -0.2) is 46.1 Å². The zero-order valence-electron chi connectivity index (χ0n) is 50.5. The van der Waals surface area contributed by atoms with Crippen molar-refractivity contribution in [3.8, 4) is 0 Å². The van der Waals surface area contributed by atoms with E-state index in [9.17, 15) is 20.1 Å². The summed E-state index contributed by atoms with van der Waals surface area (Å²) in [6.45, 7) is 4.22. The molecule has 0 heterocycles. The summed E-state index contributed by atoms with van der Waals surface area (Å²) in [4.78, 5) is 12.6. The maximum Gasteiger partial charge on any atom is 0.220 e. The fraction of sp³-hybridized carbons (Fsp3) is 0.928. The third-order valence-corrected chi connectivity index (χ3v) is 16.3. The number of carbonyl (C=O) groups excluding carboxylic acids is 1. The molecule has 0 aliphatic rings. The summed E-state index contributed by atoms with van der Waals surface area (Å²) in [6, 6.07) is -0.825. The van der Waals surface area contributed by atoms with Gasteiger partial charge in [0.1, 0.15) is 6.10 Å². The summed E-state index contributed by atoms with van der Waals surface area (Å²) in [5.74, 6) is -0.146. The second kappa shape index (κ2) is 64.4. The maximum atomic E-state index is 12.6. The summed E-state index contributed by atoms with van der Waals surface area (Å²) >= 11 is 0. The molecule has 0 rings (SSSR count). The third kappa shape index (κ3) is 58.5. The lowest BCUT2D eigenvalue weighted by Crippen LogP contribution is -2.50. The number of carbonyl (C=O) groups is 1. The molecular weight excluding hydrogens is 907 g/mol. The minimum Gasteiger partial charge on any atom is -0.394 e. The van der Waals surface area contributed by atoms with Crippen molar-refractivity contribution in [2.24, 2.45) is 0 Å². The van der Waals surface area contributed by atoms with Crippen molar-refractivity contribution in [1.82, 2.24) is 5.32 Å². The van der Waals surface area contributed by atoms with Gasteiger partial charge in [-0.2, -0.15) is 0 Å². The molecule has 0 saturated carbocycles. The Morgan fingerprint density at radius 2 is 0.541 bits per heavy atom. The highest BCUT2D eigenvalue weighted by molar-refractivity contribution is 5.76. The van der Waals surface area contributed by atoms with Crippen LogP contribution < -0.4 is 5.32 Å². The molecule has 74 heavy (non-hydrogen) atoms. The molecule has 0 aromatic rings. The van der Waals surface area contributed by atoms with Gasteiger partial charge >= 0.3 is 0 Å². The monoisotopic (exact) mass is 1040 g/mol. The summed E-state index contributed by atoms with van der Waals surface area (Å²) in [6.07, 6.45) is 84.0. The van der Waals surface area contributed by atoms with Gasteiger partial charge in [-0.1, -0.05) is 340 Å². The van der Waals surface area contributed by atoms with Crippen molar-refractivity contribution in [3.05, 3.63) is 24.3 Å². The highest BCUT2D eigenvalue weighted by Crippen LogP contribution is 2.19. The number of hydrogen-bond donors (Lipinski definition) is 4.